The molecular formula is C13H21N3O2S. The van der Waals surface area contributed by atoms with Crippen LogP contribution in [0.4, 0.5) is 5.69 Å². The molecule has 0 bridgehead atoms. The van der Waals surface area contributed by atoms with Crippen LogP contribution in [0.1, 0.15) is 25.3 Å². The highest BCUT2D eigenvalue weighted by Gasteiger charge is 2.36. The molecule has 1 unspecified atom stereocenters. The second kappa shape index (κ2) is 5.48. The Bertz CT molecular complexity index is 545. The lowest BCUT2D eigenvalue weighted by Gasteiger charge is -2.38. The normalized spacial score (nSPS) is 24.4. The monoisotopic (exact) mass is 283 g/mol. The van der Waals surface area contributed by atoms with E-state index < -0.39 is 10.2 Å². The maximum atomic E-state index is 12.4. The van der Waals surface area contributed by atoms with Crippen LogP contribution in [0.25, 0.3) is 0 Å². The average molecular weight is 283 g/mol. The summed E-state index contributed by atoms with van der Waals surface area (Å²) in [4.78, 5) is 0. The Hall–Kier alpha value is -1.11. The molecule has 5 nitrogen and oxygen atoms in total. The van der Waals surface area contributed by atoms with E-state index in [0.717, 1.165) is 18.4 Å². The van der Waals surface area contributed by atoms with Crippen molar-refractivity contribution in [3.05, 3.63) is 29.8 Å². The van der Waals surface area contributed by atoms with E-state index in [9.17, 15) is 8.42 Å². The van der Waals surface area contributed by atoms with Gasteiger partial charge in [-0.05, 0) is 24.5 Å². The molecule has 0 radical (unpaired) electrons. The zero-order valence-corrected chi connectivity index (χ0v) is 12.2. The van der Waals surface area contributed by atoms with Gasteiger partial charge in [-0.1, -0.05) is 25.1 Å². The van der Waals surface area contributed by atoms with Gasteiger partial charge in [0, 0.05) is 31.9 Å². The average Bonchev–Trinajstić information content (AvgIpc) is 2.38. The summed E-state index contributed by atoms with van der Waals surface area (Å²) < 4.78 is 27.8. The molecule has 2 rings (SSSR count). The van der Waals surface area contributed by atoms with Crippen LogP contribution in [0.3, 0.4) is 0 Å². The minimum Gasteiger partial charge on any atom is -0.398 e. The number of benzene rings is 1. The van der Waals surface area contributed by atoms with Crippen molar-refractivity contribution in [2.24, 2.45) is 0 Å². The lowest BCUT2D eigenvalue weighted by atomic mass is 10.1. The van der Waals surface area contributed by atoms with Gasteiger partial charge in [-0.3, -0.25) is 0 Å². The van der Waals surface area contributed by atoms with Crippen LogP contribution >= 0.6 is 0 Å². The number of hydrogen-bond acceptors (Lipinski definition) is 3. The quantitative estimate of drug-likeness (QED) is 0.853. The Kier molecular flexibility index (Phi) is 4.13. The molecule has 1 saturated heterocycles. The third-order valence-electron chi connectivity index (χ3n) is 3.79. The van der Waals surface area contributed by atoms with Crippen molar-refractivity contribution in [2.45, 2.75) is 32.4 Å². The first-order valence-electron chi connectivity index (χ1n) is 6.53. The molecule has 0 amide bonds. The molecule has 0 aliphatic carbocycles. The lowest BCUT2D eigenvalue weighted by Crippen LogP contribution is -2.52. The fourth-order valence-corrected chi connectivity index (χ4v) is 4.08. The van der Waals surface area contributed by atoms with E-state index in [1.54, 1.807) is 13.1 Å². The van der Waals surface area contributed by atoms with Crippen LogP contribution in [0, 0.1) is 0 Å². The molecular weight excluding hydrogens is 262 g/mol. The summed E-state index contributed by atoms with van der Waals surface area (Å²) in [5.41, 5.74) is 7.37. The van der Waals surface area contributed by atoms with E-state index in [0.29, 0.717) is 18.8 Å². The maximum absolute atomic E-state index is 12.4. The van der Waals surface area contributed by atoms with Gasteiger partial charge in [-0.15, -0.1) is 0 Å². The molecule has 6 heteroatoms. The topological polar surface area (TPSA) is 66.6 Å². The fourth-order valence-electron chi connectivity index (χ4n) is 2.45. The van der Waals surface area contributed by atoms with Crippen molar-refractivity contribution in [2.75, 3.05) is 19.3 Å². The Labute approximate surface area is 115 Å². The predicted molar refractivity (Wildman–Crippen MR) is 76.6 cm³/mol. The molecule has 1 aromatic rings. The Morgan fingerprint density at radius 1 is 1.37 bits per heavy atom. The zero-order valence-electron chi connectivity index (χ0n) is 11.4. The van der Waals surface area contributed by atoms with Crippen molar-refractivity contribution in [3.8, 4) is 0 Å². The van der Waals surface area contributed by atoms with Crippen molar-refractivity contribution in [3.63, 3.8) is 0 Å². The molecule has 1 aliphatic heterocycles. The van der Waals surface area contributed by atoms with Gasteiger partial charge in [0.1, 0.15) is 0 Å². The number of rotatable bonds is 3. The van der Waals surface area contributed by atoms with Gasteiger partial charge in [0.05, 0.1) is 0 Å². The summed E-state index contributed by atoms with van der Waals surface area (Å²) in [6.07, 6.45) is 1.70. The van der Waals surface area contributed by atoms with E-state index >= 15 is 0 Å². The van der Waals surface area contributed by atoms with Crippen molar-refractivity contribution in [1.82, 2.24) is 8.61 Å². The second-order valence-electron chi connectivity index (χ2n) is 4.91. The molecule has 106 valence electrons. The van der Waals surface area contributed by atoms with Crippen molar-refractivity contribution >= 4 is 15.9 Å². The molecule has 1 atom stereocenters. The van der Waals surface area contributed by atoms with E-state index in [2.05, 4.69) is 0 Å². The van der Waals surface area contributed by atoms with Gasteiger partial charge in [0.25, 0.3) is 10.2 Å². The number of anilines is 1. The molecule has 1 heterocycles. The molecule has 0 saturated carbocycles. The van der Waals surface area contributed by atoms with Crippen molar-refractivity contribution < 1.29 is 8.42 Å². The number of nitrogens with zero attached hydrogens (tertiary/aromatic N) is 2. The fraction of sp³-hybridized carbons (Fsp3) is 0.538. The van der Waals surface area contributed by atoms with Crippen LogP contribution < -0.4 is 5.73 Å². The van der Waals surface area contributed by atoms with Crippen molar-refractivity contribution in [1.29, 1.82) is 0 Å². The highest BCUT2D eigenvalue weighted by molar-refractivity contribution is 7.86. The zero-order chi connectivity index (χ0) is 14.0. The van der Waals surface area contributed by atoms with Crippen LogP contribution in [0.2, 0.25) is 0 Å². The van der Waals surface area contributed by atoms with E-state index in [1.165, 1.54) is 8.61 Å². The van der Waals surface area contributed by atoms with E-state index in [-0.39, 0.29) is 6.04 Å². The molecule has 0 aromatic heterocycles. The molecule has 19 heavy (non-hydrogen) atoms. The Morgan fingerprint density at radius 2 is 2.05 bits per heavy atom. The number of hydrogen-bond donors (Lipinski definition) is 1. The van der Waals surface area contributed by atoms with Gasteiger partial charge in [-0.2, -0.15) is 17.0 Å². The van der Waals surface area contributed by atoms with Gasteiger partial charge < -0.3 is 5.73 Å². The summed E-state index contributed by atoms with van der Waals surface area (Å²) in [6, 6.07) is 7.50. The van der Waals surface area contributed by atoms with Crippen LogP contribution in [-0.2, 0) is 16.8 Å². The van der Waals surface area contributed by atoms with Gasteiger partial charge >= 0.3 is 0 Å². The summed E-state index contributed by atoms with van der Waals surface area (Å²) in [6.45, 7) is 2.91. The molecule has 1 aliphatic rings. The summed E-state index contributed by atoms with van der Waals surface area (Å²) >= 11 is 0. The number of nitrogen functional groups attached to an aromatic ring is 1. The highest BCUT2D eigenvalue weighted by Crippen LogP contribution is 2.25. The first kappa shape index (κ1) is 14.3. The van der Waals surface area contributed by atoms with Crippen LogP contribution in [0.15, 0.2) is 24.3 Å². The Morgan fingerprint density at radius 3 is 2.68 bits per heavy atom. The first-order chi connectivity index (χ1) is 8.96. The Balaban J connectivity index is 2.21. The number of para-hydroxylation sites is 1. The minimum atomic E-state index is -3.37. The van der Waals surface area contributed by atoms with Gasteiger partial charge in [-0.25, -0.2) is 0 Å². The minimum absolute atomic E-state index is 0.106. The highest BCUT2D eigenvalue weighted by atomic mass is 32.2. The number of nitrogens with two attached hydrogens (primary N) is 1. The molecule has 2 N–H and O–H groups in total. The van der Waals surface area contributed by atoms with Crippen LogP contribution in [-0.4, -0.2) is 36.7 Å². The van der Waals surface area contributed by atoms with E-state index in [4.69, 9.17) is 5.73 Å². The maximum Gasteiger partial charge on any atom is 0.282 e. The van der Waals surface area contributed by atoms with Crippen LogP contribution in [0.5, 0.6) is 0 Å². The summed E-state index contributed by atoms with van der Waals surface area (Å²) in [5.74, 6) is 0. The van der Waals surface area contributed by atoms with E-state index in [1.807, 2.05) is 25.1 Å². The van der Waals surface area contributed by atoms with Gasteiger partial charge in [0.15, 0.2) is 0 Å². The third-order valence-corrected chi connectivity index (χ3v) is 5.78. The lowest BCUT2D eigenvalue weighted by molar-refractivity contribution is 0.237. The molecule has 1 fully saturated rings. The SMILES string of the molecule is CCC1CCN(Cc2ccccc2N)S(=O)(=O)N1C. The van der Waals surface area contributed by atoms with Gasteiger partial charge in [0.2, 0.25) is 0 Å². The summed E-state index contributed by atoms with van der Waals surface area (Å²) in [7, 11) is -1.71. The molecule has 1 aromatic carbocycles. The first-order valence-corrected chi connectivity index (χ1v) is 7.93. The standard InChI is InChI=1S/C13H21N3O2S/c1-3-12-8-9-16(19(17,18)15(12)2)10-11-6-4-5-7-13(11)14/h4-7,12H,3,8-10,14H2,1-2H3. The largest absolute Gasteiger partial charge is 0.398 e. The predicted octanol–water partition coefficient (Wildman–Crippen LogP) is 1.43. The third kappa shape index (κ3) is 2.75. The molecule has 0 spiro atoms. The smallest absolute Gasteiger partial charge is 0.282 e. The summed E-state index contributed by atoms with van der Waals surface area (Å²) in [5, 5.41) is 0. The second-order valence-corrected chi connectivity index (χ2v) is 6.90.